The van der Waals surface area contributed by atoms with Gasteiger partial charge in [-0.3, -0.25) is 19.5 Å². The fraction of sp³-hybridized carbons (Fsp3) is 0.529. The number of ether oxygens (including phenoxy) is 2. The summed E-state index contributed by atoms with van der Waals surface area (Å²) in [5.41, 5.74) is 0.820. The van der Waals surface area contributed by atoms with Crippen molar-refractivity contribution in [2.24, 2.45) is 0 Å². The van der Waals surface area contributed by atoms with Crippen LogP contribution in [0, 0.1) is 17.0 Å². The van der Waals surface area contributed by atoms with Crippen LogP contribution in [0.15, 0.2) is 6.20 Å². The van der Waals surface area contributed by atoms with Gasteiger partial charge in [-0.15, -0.1) is 5.10 Å². The van der Waals surface area contributed by atoms with E-state index in [1.807, 2.05) is 47.1 Å². The molecule has 0 amide bonds. The Labute approximate surface area is 223 Å². The molecule has 0 aliphatic carbocycles. The maximum absolute atomic E-state index is 12.1. The van der Waals surface area contributed by atoms with E-state index in [4.69, 9.17) is 32.7 Å². The van der Waals surface area contributed by atoms with Crippen LogP contribution in [0.1, 0.15) is 24.6 Å². The van der Waals surface area contributed by atoms with Crippen molar-refractivity contribution in [3.05, 3.63) is 32.4 Å². The van der Waals surface area contributed by atoms with Crippen molar-refractivity contribution >= 4 is 87.0 Å². The van der Waals surface area contributed by atoms with E-state index in [0.717, 1.165) is 12.8 Å². The van der Waals surface area contributed by atoms with Gasteiger partial charge in [-0.05, 0) is 36.7 Å². The van der Waals surface area contributed by atoms with Gasteiger partial charge < -0.3 is 9.47 Å². The van der Waals surface area contributed by atoms with Crippen molar-refractivity contribution in [1.82, 2.24) is 29.5 Å². The van der Waals surface area contributed by atoms with Gasteiger partial charge in [0.15, 0.2) is 10.8 Å². The fourth-order valence-corrected chi connectivity index (χ4v) is 4.99. The Balaban J connectivity index is 1.75. The molecule has 1 saturated heterocycles. The summed E-state index contributed by atoms with van der Waals surface area (Å²) >= 11 is 12.5. The van der Waals surface area contributed by atoms with Gasteiger partial charge in [0.2, 0.25) is 5.28 Å². The van der Waals surface area contributed by atoms with Crippen LogP contribution in [0.2, 0.25) is 15.7 Å². The van der Waals surface area contributed by atoms with Gasteiger partial charge in [0.05, 0.1) is 16.4 Å². The van der Waals surface area contributed by atoms with E-state index >= 15 is 0 Å². The van der Waals surface area contributed by atoms with Crippen molar-refractivity contribution in [2.45, 2.75) is 41.8 Å². The number of rotatable bonds is 7. The van der Waals surface area contributed by atoms with E-state index in [1.165, 1.54) is 6.20 Å². The standard InChI is InChI=1S/C17H25B6Cl2N7O4/c1-7-10(32(33)34)13(29-30(7)8-2-4-35-5-3-8)36-17(22,23)15(18,19)16(20,21)31-12-9(11(24)28-31)6-26-14(25)27-12/h6,8H,2-5,18-23H2,1H3. The molecule has 11 nitrogen and oxygen atoms in total. The zero-order valence-electron chi connectivity index (χ0n) is 21.5. The van der Waals surface area contributed by atoms with Crippen LogP contribution in [0.5, 0.6) is 5.88 Å². The second-order valence-electron chi connectivity index (χ2n) is 10.7. The maximum Gasteiger partial charge on any atom is 0.352 e. The highest BCUT2D eigenvalue weighted by Crippen LogP contribution is 2.46. The lowest BCUT2D eigenvalue weighted by Gasteiger charge is -2.52. The molecule has 4 rings (SSSR count). The average Bonchev–Trinajstić information content (AvgIpc) is 3.30. The summed E-state index contributed by atoms with van der Waals surface area (Å²) in [4.78, 5) is 20.0. The molecule has 19 heteroatoms. The van der Waals surface area contributed by atoms with E-state index in [9.17, 15) is 10.1 Å². The molecule has 3 aromatic heterocycles. The Morgan fingerprint density at radius 2 is 1.81 bits per heavy atom. The van der Waals surface area contributed by atoms with E-state index in [0.29, 0.717) is 29.9 Å². The predicted molar refractivity (Wildman–Crippen MR) is 153 cm³/mol. The highest BCUT2D eigenvalue weighted by atomic mass is 35.5. The lowest BCUT2D eigenvalue weighted by atomic mass is 9.23. The molecule has 1 aliphatic rings. The molecule has 0 spiro atoms. The van der Waals surface area contributed by atoms with E-state index in [2.05, 4.69) is 20.2 Å². The third-order valence-electron chi connectivity index (χ3n) is 8.07. The summed E-state index contributed by atoms with van der Waals surface area (Å²) in [5.74, 6) is -0.00779. The largest absolute Gasteiger partial charge is 0.485 e. The van der Waals surface area contributed by atoms with Crippen molar-refractivity contribution in [3.8, 4) is 5.88 Å². The topological polar surface area (TPSA) is 123 Å². The van der Waals surface area contributed by atoms with Gasteiger partial charge in [0.1, 0.15) is 52.8 Å². The zero-order chi connectivity index (χ0) is 26.6. The Hall–Kier alpha value is -2.11. The molecule has 3 aromatic rings. The first-order chi connectivity index (χ1) is 16.7. The molecule has 4 heterocycles. The summed E-state index contributed by atoms with van der Waals surface area (Å²) in [7, 11) is 11.7. The molecule has 0 N–H and O–H groups in total. The minimum Gasteiger partial charge on any atom is -0.485 e. The smallest absolute Gasteiger partial charge is 0.352 e. The number of nitro groups is 1. The normalized spacial score (nSPS) is 15.9. The molecule has 0 radical (unpaired) electrons. The highest BCUT2D eigenvalue weighted by Gasteiger charge is 2.52. The van der Waals surface area contributed by atoms with Crippen LogP contribution in [0.3, 0.4) is 0 Å². The van der Waals surface area contributed by atoms with Gasteiger partial charge in [-0.2, -0.15) is 10.1 Å². The van der Waals surface area contributed by atoms with Gasteiger partial charge >= 0.3 is 11.6 Å². The Bertz CT molecular complexity index is 1330. The Morgan fingerprint density at radius 1 is 1.17 bits per heavy atom. The minimum absolute atomic E-state index is 0.00779. The van der Waals surface area contributed by atoms with Crippen molar-refractivity contribution in [2.75, 3.05) is 13.2 Å². The van der Waals surface area contributed by atoms with Crippen molar-refractivity contribution in [3.63, 3.8) is 0 Å². The summed E-state index contributed by atoms with van der Waals surface area (Å²) in [6, 6.07) is 0.0179. The number of nitrogens with zero attached hydrogens (tertiary/aromatic N) is 7. The number of hydrogen-bond acceptors (Lipinski definition) is 8. The quantitative estimate of drug-likeness (QED) is 0.139. The zero-order valence-corrected chi connectivity index (χ0v) is 23.0. The van der Waals surface area contributed by atoms with Crippen molar-refractivity contribution < 1.29 is 14.4 Å². The van der Waals surface area contributed by atoms with Crippen LogP contribution in [-0.2, 0) is 10.1 Å². The molecule has 36 heavy (non-hydrogen) atoms. The number of fused-ring (bicyclic) bond motifs is 1. The van der Waals surface area contributed by atoms with Crippen LogP contribution < -0.4 is 4.74 Å². The molecule has 184 valence electrons. The van der Waals surface area contributed by atoms with Crippen LogP contribution in [0.25, 0.3) is 11.0 Å². The van der Waals surface area contributed by atoms with Crippen LogP contribution in [0.4, 0.5) is 5.69 Å². The molecule has 1 aliphatic heterocycles. The van der Waals surface area contributed by atoms with Gasteiger partial charge in [-0.1, -0.05) is 16.8 Å². The Kier molecular flexibility index (Phi) is 6.98. The third-order valence-corrected chi connectivity index (χ3v) is 8.53. The molecular formula is C17H25B6Cl2N7O4. The number of hydrogen-bond donors (Lipinski definition) is 0. The summed E-state index contributed by atoms with van der Waals surface area (Å²) in [6.07, 6.45) is 3.01. The van der Waals surface area contributed by atoms with E-state index in [-0.39, 0.29) is 28.0 Å². The summed E-state index contributed by atoms with van der Waals surface area (Å²) in [5, 5.41) is 19.7. The first kappa shape index (κ1) is 26.9. The van der Waals surface area contributed by atoms with Crippen LogP contribution in [-0.4, -0.2) is 100 Å². The predicted octanol–water partition coefficient (Wildman–Crippen LogP) is -2.84. The van der Waals surface area contributed by atoms with Gasteiger partial charge in [-0.25, -0.2) is 4.98 Å². The molecular weight excluding hydrogens is 502 g/mol. The maximum atomic E-state index is 12.1. The number of halogens is 2. The molecule has 1 fully saturated rings. The fourth-order valence-electron chi connectivity index (χ4n) is 4.66. The lowest BCUT2D eigenvalue weighted by molar-refractivity contribution is -0.386. The van der Waals surface area contributed by atoms with Crippen LogP contribution >= 0.6 is 23.2 Å². The first-order valence-electron chi connectivity index (χ1n) is 11.8. The second kappa shape index (κ2) is 9.33. The highest BCUT2D eigenvalue weighted by molar-refractivity contribution is 6.60. The molecule has 0 unspecified atom stereocenters. The SMILES string of the molecule is BC(B)(Oc1nn(C2CCOCC2)c(C)c1[N+](=O)[O-])C(B)(B)C(B)(B)n1nc(Cl)c2cnc(Cl)nc21. The molecule has 0 aromatic carbocycles. The minimum atomic E-state index is -0.954. The molecule has 0 saturated carbocycles. The van der Waals surface area contributed by atoms with Gasteiger partial charge in [0.25, 0.3) is 0 Å². The van der Waals surface area contributed by atoms with E-state index < -0.39 is 20.9 Å². The lowest BCUT2D eigenvalue weighted by Crippen LogP contribution is -2.63. The second-order valence-corrected chi connectivity index (χ2v) is 11.4. The Morgan fingerprint density at radius 3 is 2.42 bits per heavy atom. The molecule has 0 bridgehead atoms. The summed E-state index contributed by atoms with van der Waals surface area (Å²) in [6.45, 7) is 2.89. The van der Waals surface area contributed by atoms with E-state index in [1.54, 1.807) is 16.3 Å². The average molecular weight is 527 g/mol. The third kappa shape index (κ3) is 4.32. The first-order valence-corrected chi connectivity index (χ1v) is 12.5. The monoisotopic (exact) mass is 527 g/mol. The van der Waals surface area contributed by atoms with Gasteiger partial charge in [0, 0.05) is 24.8 Å². The number of aromatic nitrogens is 6. The molecule has 0 atom stereocenters. The van der Waals surface area contributed by atoms with Crippen molar-refractivity contribution in [1.29, 1.82) is 0 Å². The summed E-state index contributed by atoms with van der Waals surface area (Å²) < 4.78 is 15.3.